The van der Waals surface area contributed by atoms with Gasteiger partial charge in [-0.3, -0.25) is 9.78 Å². The van der Waals surface area contributed by atoms with Crippen molar-refractivity contribution in [3.05, 3.63) is 75.7 Å². The Hall–Kier alpha value is -3.27. The first-order chi connectivity index (χ1) is 18.1. The monoisotopic (exact) mass is 536 g/mol. The number of halogens is 1. The van der Waals surface area contributed by atoms with Crippen LogP contribution in [0.2, 0.25) is 5.02 Å². The normalized spacial score (nSPS) is 18.3. The number of nitrogens with one attached hydrogen (secondary N) is 3. The van der Waals surface area contributed by atoms with Crippen molar-refractivity contribution in [1.29, 1.82) is 0 Å². The number of amides is 1. The Balaban J connectivity index is 1.43. The Kier molecular flexibility index (Phi) is 8.13. The number of rotatable bonds is 9. The standard InChI is InChI=1S/C27H29ClN6O2S/c28-18-10-11-20-19(14-18)25(34-27(32-20)33-23(12-13-35)24-15-29-16-37-24)30-21-8-4-5-9-22(21)31-26(36)17-6-2-1-3-7-17/h1-3,6-7,10-11,14-16,21-23,35H,4-5,8-9,12-13H2,(H,31,36)(H2,30,32,33,34)/t21-,22-,23-/m1/s1. The van der Waals surface area contributed by atoms with Gasteiger partial charge >= 0.3 is 0 Å². The average molecular weight is 537 g/mol. The second-order valence-corrected chi connectivity index (χ2v) is 10.5. The Morgan fingerprint density at radius 2 is 1.92 bits per heavy atom. The third kappa shape index (κ3) is 6.18. The van der Waals surface area contributed by atoms with Crippen LogP contribution in [0.1, 0.15) is 53.4 Å². The first-order valence-electron chi connectivity index (χ1n) is 12.5. The molecule has 192 valence electrons. The fraction of sp³-hybridized carbons (Fsp3) is 0.333. The van der Waals surface area contributed by atoms with Gasteiger partial charge in [-0.15, -0.1) is 11.3 Å². The van der Waals surface area contributed by atoms with Crippen molar-refractivity contribution in [2.24, 2.45) is 0 Å². The summed E-state index contributed by atoms with van der Waals surface area (Å²) in [7, 11) is 0. The number of hydrogen-bond donors (Lipinski definition) is 4. The van der Waals surface area contributed by atoms with Gasteiger partial charge in [0.05, 0.1) is 17.1 Å². The van der Waals surface area contributed by atoms with Crippen LogP contribution in [-0.2, 0) is 0 Å². The minimum absolute atomic E-state index is 0.000999. The molecule has 2 aromatic carbocycles. The molecule has 37 heavy (non-hydrogen) atoms. The summed E-state index contributed by atoms with van der Waals surface area (Å²) in [5, 5.41) is 21.2. The number of carbonyl (C=O) groups excluding carboxylic acids is 1. The molecule has 2 aromatic heterocycles. The molecule has 0 spiro atoms. The molecule has 1 aliphatic rings. The lowest BCUT2D eigenvalue weighted by atomic mass is 9.90. The highest BCUT2D eigenvalue weighted by atomic mass is 35.5. The molecule has 0 saturated heterocycles. The lowest BCUT2D eigenvalue weighted by molar-refractivity contribution is 0.0923. The van der Waals surface area contributed by atoms with E-state index in [-0.39, 0.29) is 30.6 Å². The largest absolute Gasteiger partial charge is 0.396 e. The van der Waals surface area contributed by atoms with E-state index in [1.165, 1.54) is 11.3 Å². The van der Waals surface area contributed by atoms with E-state index >= 15 is 0 Å². The number of benzene rings is 2. The van der Waals surface area contributed by atoms with E-state index in [9.17, 15) is 9.90 Å². The highest BCUT2D eigenvalue weighted by Gasteiger charge is 2.28. The number of fused-ring (bicyclic) bond motifs is 1. The predicted octanol–water partition coefficient (Wildman–Crippen LogP) is 5.43. The van der Waals surface area contributed by atoms with Crippen molar-refractivity contribution in [3.63, 3.8) is 0 Å². The molecule has 4 N–H and O–H groups in total. The Labute approximate surface area is 224 Å². The summed E-state index contributed by atoms with van der Waals surface area (Å²) in [5.41, 5.74) is 3.16. The topological polar surface area (TPSA) is 112 Å². The van der Waals surface area contributed by atoms with Gasteiger partial charge in [0, 0.05) is 45.7 Å². The first-order valence-corrected chi connectivity index (χ1v) is 13.7. The van der Waals surface area contributed by atoms with Crippen molar-refractivity contribution >= 4 is 51.5 Å². The Bertz CT molecular complexity index is 1340. The van der Waals surface area contributed by atoms with Gasteiger partial charge in [0.15, 0.2) is 0 Å². The van der Waals surface area contributed by atoms with Crippen molar-refractivity contribution in [3.8, 4) is 0 Å². The highest BCUT2D eigenvalue weighted by molar-refractivity contribution is 7.09. The predicted molar refractivity (Wildman–Crippen MR) is 148 cm³/mol. The molecule has 0 aliphatic heterocycles. The number of hydrogen-bond acceptors (Lipinski definition) is 8. The minimum atomic E-state index is -0.164. The summed E-state index contributed by atoms with van der Waals surface area (Å²) in [6, 6.07) is 14.6. The number of thiazole rings is 1. The number of nitrogens with zero attached hydrogens (tertiary/aromatic N) is 3. The van der Waals surface area contributed by atoms with Gasteiger partial charge in [0.1, 0.15) is 5.82 Å². The fourth-order valence-corrected chi connectivity index (χ4v) is 5.61. The van der Waals surface area contributed by atoms with Gasteiger partial charge in [0.25, 0.3) is 5.91 Å². The second-order valence-electron chi connectivity index (χ2n) is 9.15. The van der Waals surface area contributed by atoms with Crippen LogP contribution in [-0.4, -0.2) is 44.7 Å². The molecule has 1 amide bonds. The SMILES string of the molecule is O=C(N[C@@H]1CCCC[C@H]1Nc1nc(N[C@H](CCO)c2cncs2)nc2ccc(Cl)cc12)c1ccccc1. The van der Waals surface area contributed by atoms with E-state index in [1.54, 1.807) is 11.7 Å². The van der Waals surface area contributed by atoms with E-state index in [1.807, 2.05) is 48.5 Å². The Morgan fingerprint density at radius 1 is 1.11 bits per heavy atom. The molecule has 1 fully saturated rings. The quantitative estimate of drug-likeness (QED) is 0.226. The second kappa shape index (κ2) is 11.9. The number of aromatic nitrogens is 3. The third-order valence-corrected chi connectivity index (χ3v) is 7.74. The van der Waals surface area contributed by atoms with Crippen LogP contribution in [0.3, 0.4) is 0 Å². The summed E-state index contributed by atoms with van der Waals surface area (Å²) in [4.78, 5) is 27.6. The zero-order chi connectivity index (χ0) is 25.6. The molecular formula is C27H29ClN6O2S. The number of aliphatic hydroxyl groups excluding tert-OH is 1. The number of anilines is 2. The van der Waals surface area contributed by atoms with Crippen LogP contribution >= 0.6 is 22.9 Å². The Morgan fingerprint density at radius 3 is 2.68 bits per heavy atom. The maximum absolute atomic E-state index is 12.9. The van der Waals surface area contributed by atoms with Crippen molar-refractivity contribution < 1.29 is 9.90 Å². The average Bonchev–Trinajstić information content (AvgIpc) is 3.45. The molecule has 3 atom stereocenters. The van der Waals surface area contributed by atoms with Gasteiger partial charge in [0.2, 0.25) is 5.95 Å². The van der Waals surface area contributed by atoms with Gasteiger partial charge in [-0.1, -0.05) is 42.6 Å². The van der Waals surface area contributed by atoms with E-state index in [0.717, 1.165) is 41.5 Å². The smallest absolute Gasteiger partial charge is 0.251 e. The van der Waals surface area contributed by atoms with Crippen LogP contribution in [0.15, 0.2) is 60.2 Å². The third-order valence-electron chi connectivity index (χ3n) is 6.61. The summed E-state index contributed by atoms with van der Waals surface area (Å²) in [6.07, 6.45) is 6.20. The van der Waals surface area contributed by atoms with Crippen LogP contribution < -0.4 is 16.0 Å². The van der Waals surface area contributed by atoms with Crippen LogP contribution in [0.25, 0.3) is 10.9 Å². The molecule has 1 saturated carbocycles. The summed E-state index contributed by atoms with van der Waals surface area (Å²) < 4.78 is 0. The summed E-state index contributed by atoms with van der Waals surface area (Å²) in [5.74, 6) is 1.03. The molecule has 2 heterocycles. The number of aliphatic hydroxyl groups is 1. The molecule has 8 nitrogen and oxygen atoms in total. The lowest BCUT2D eigenvalue weighted by Crippen LogP contribution is -2.48. The summed E-state index contributed by atoms with van der Waals surface area (Å²) >= 11 is 7.86. The van der Waals surface area contributed by atoms with Crippen LogP contribution in [0.4, 0.5) is 11.8 Å². The number of carbonyl (C=O) groups is 1. The van der Waals surface area contributed by atoms with E-state index in [0.29, 0.717) is 28.8 Å². The van der Waals surface area contributed by atoms with Gasteiger partial charge < -0.3 is 21.1 Å². The maximum atomic E-state index is 12.9. The van der Waals surface area contributed by atoms with Gasteiger partial charge in [-0.25, -0.2) is 4.98 Å². The summed E-state index contributed by atoms with van der Waals surface area (Å²) in [6.45, 7) is 0.0225. The molecule has 1 aliphatic carbocycles. The highest BCUT2D eigenvalue weighted by Crippen LogP contribution is 2.31. The molecule has 10 heteroatoms. The van der Waals surface area contributed by atoms with E-state index in [4.69, 9.17) is 21.6 Å². The molecular weight excluding hydrogens is 508 g/mol. The fourth-order valence-electron chi connectivity index (χ4n) is 4.74. The van der Waals surface area contributed by atoms with Gasteiger partial charge in [-0.2, -0.15) is 4.98 Å². The minimum Gasteiger partial charge on any atom is -0.396 e. The zero-order valence-corrected chi connectivity index (χ0v) is 21.8. The van der Waals surface area contributed by atoms with E-state index < -0.39 is 0 Å². The molecule has 0 unspecified atom stereocenters. The maximum Gasteiger partial charge on any atom is 0.251 e. The van der Waals surface area contributed by atoms with Crippen LogP contribution in [0, 0.1) is 0 Å². The molecule has 5 rings (SSSR count). The van der Waals surface area contributed by atoms with E-state index in [2.05, 4.69) is 20.9 Å². The van der Waals surface area contributed by atoms with Crippen LogP contribution in [0.5, 0.6) is 0 Å². The molecule has 0 radical (unpaired) electrons. The van der Waals surface area contributed by atoms with Gasteiger partial charge in [-0.05, 0) is 49.6 Å². The van der Waals surface area contributed by atoms with Crippen molar-refractivity contribution in [2.75, 3.05) is 17.2 Å². The lowest BCUT2D eigenvalue weighted by Gasteiger charge is -2.33. The molecule has 0 bridgehead atoms. The first kappa shape index (κ1) is 25.4. The van der Waals surface area contributed by atoms with Crippen molar-refractivity contribution in [1.82, 2.24) is 20.3 Å². The zero-order valence-electron chi connectivity index (χ0n) is 20.2. The van der Waals surface area contributed by atoms with Crippen molar-refractivity contribution in [2.45, 2.75) is 50.2 Å². The molecule has 4 aromatic rings.